The number of quaternary nitrogens is 1. The van der Waals surface area contributed by atoms with Crippen LogP contribution in [-0.4, -0.2) is 0 Å². The molecule has 4 aromatic rings. The van der Waals surface area contributed by atoms with Crippen LogP contribution in [0.2, 0.25) is 0 Å². The molecule has 0 amide bonds. The van der Waals surface area contributed by atoms with E-state index in [4.69, 9.17) is 4.74 Å². The van der Waals surface area contributed by atoms with Crippen LogP contribution in [-0.2, 0) is 10.8 Å². The second-order valence-corrected chi connectivity index (χ2v) is 11.7. The molecule has 0 aliphatic carbocycles. The lowest BCUT2D eigenvalue weighted by Gasteiger charge is -2.27. The minimum Gasteiger partial charge on any atom is -0.444 e. The third-order valence-electron chi connectivity index (χ3n) is 7.56. The summed E-state index contributed by atoms with van der Waals surface area (Å²) in [6.45, 7) is 13.8. The maximum absolute atomic E-state index is 6.71. The lowest BCUT2D eigenvalue weighted by atomic mass is 9.81. The molecule has 7 rings (SSSR count). The molecule has 0 unspecified atom stereocenters. The Bertz CT molecular complexity index is 1440. The molecule has 2 aromatic heterocycles. The van der Waals surface area contributed by atoms with E-state index in [-0.39, 0.29) is 10.8 Å². The van der Waals surface area contributed by atoms with E-state index >= 15 is 0 Å². The molecule has 34 heavy (non-hydrogen) atoms. The van der Waals surface area contributed by atoms with Gasteiger partial charge in [-0.2, -0.15) is 0 Å². The molecule has 3 aliphatic heterocycles. The van der Waals surface area contributed by atoms with E-state index in [0.29, 0.717) is 4.70 Å². The quantitative estimate of drug-likeness (QED) is 0.191. The summed E-state index contributed by atoms with van der Waals surface area (Å²) in [4.78, 5) is 0. The highest BCUT2D eigenvalue weighted by molar-refractivity contribution is 5.95. The third-order valence-corrected chi connectivity index (χ3v) is 7.56. The van der Waals surface area contributed by atoms with E-state index in [1.54, 1.807) is 0 Å². The highest BCUT2D eigenvalue weighted by atomic mass is 16.5. The molecule has 5 heterocycles. The van der Waals surface area contributed by atoms with Crippen molar-refractivity contribution in [1.82, 2.24) is 4.70 Å². The molecule has 0 saturated heterocycles. The van der Waals surface area contributed by atoms with Gasteiger partial charge in [-0.05, 0) is 46.2 Å². The number of benzene rings is 2. The fraction of sp³-hybridized carbons (Fsp3) is 0.267. The Morgan fingerprint density at radius 3 is 1.44 bits per heavy atom. The summed E-state index contributed by atoms with van der Waals surface area (Å²) in [5, 5.41) is 0. The SMILES string of the molecule is CC(C)(C)c1ccc2c3c1-c1cccc[n+]1[N+]31c3c(ccc(C(C)(C)C)c3-c3cccc[n+]31)O2. The monoisotopic (exact) mass is 448 g/mol. The molecule has 1 spiro atoms. The van der Waals surface area contributed by atoms with Crippen LogP contribution in [0.5, 0.6) is 11.5 Å². The van der Waals surface area contributed by atoms with Gasteiger partial charge in [0.15, 0.2) is 4.70 Å². The number of aromatic nitrogens is 2. The summed E-state index contributed by atoms with van der Waals surface area (Å²) in [5.74, 6) is 1.86. The van der Waals surface area contributed by atoms with Crippen LogP contribution in [0.1, 0.15) is 52.7 Å². The summed E-state index contributed by atoms with van der Waals surface area (Å²) >= 11 is 0. The van der Waals surface area contributed by atoms with Crippen LogP contribution in [0.3, 0.4) is 0 Å². The molecule has 4 nitrogen and oxygen atoms in total. The Kier molecular flexibility index (Phi) is 3.48. The van der Waals surface area contributed by atoms with Gasteiger partial charge in [0.25, 0.3) is 11.4 Å². The zero-order valence-electron chi connectivity index (χ0n) is 20.7. The molecule has 0 bridgehead atoms. The number of nitrogens with zero attached hydrogens (tertiary/aromatic N) is 3. The second-order valence-electron chi connectivity index (χ2n) is 11.7. The first-order valence-corrected chi connectivity index (χ1v) is 12.1. The average Bonchev–Trinajstić information content (AvgIpc) is 3.27. The summed E-state index contributed by atoms with van der Waals surface area (Å²) in [6.07, 6.45) is 4.45. The van der Waals surface area contributed by atoms with Gasteiger partial charge in [0.1, 0.15) is 11.1 Å². The van der Waals surface area contributed by atoms with Crippen LogP contribution in [0.4, 0.5) is 11.4 Å². The normalized spacial score (nSPS) is 15.8. The molecular weight excluding hydrogens is 418 g/mol. The lowest BCUT2D eigenvalue weighted by Crippen LogP contribution is -2.81. The van der Waals surface area contributed by atoms with Crippen molar-refractivity contribution in [2.45, 2.75) is 52.4 Å². The average molecular weight is 449 g/mol. The first kappa shape index (κ1) is 19.9. The Labute approximate surface area is 200 Å². The Balaban J connectivity index is 1.76. The van der Waals surface area contributed by atoms with E-state index in [0.717, 1.165) is 11.5 Å². The maximum atomic E-state index is 6.71. The third kappa shape index (κ3) is 2.13. The van der Waals surface area contributed by atoms with Gasteiger partial charge in [0.2, 0.25) is 23.9 Å². The molecule has 0 fully saturated rings. The molecule has 0 N–H and O–H groups in total. The van der Waals surface area contributed by atoms with Crippen molar-refractivity contribution in [2.75, 3.05) is 0 Å². The highest BCUT2D eigenvalue weighted by Crippen LogP contribution is 2.62. The van der Waals surface area contributed by atoms with Crippen molar-refractivity contribution in [3.05, 3.63) is 84.2 Å². The zero-order valence-corrected chi connectivity index (χ0v) is 20.7. The van der Waals surface area contributed by atoms with Gasteiger partial charge >= 0.3 is 11.4 Å². The van der Waals surface area contributed by atoms with Crippen LogP contribution in [0, 0.1) is 0 Å². The van der Waals surface area contributed by atoms with E-state index in [1.165, 1.54) is 45.0 Å². The Morgan fingerprint density at radius 2 is 1.03 bits per heavy atom. The zero-order chi connectivity index (χ0) is 23.6. The summed E-state index contributed by atoms with van der Waals surface area (Å²) in [7, 11) is 0. The molecule has 0 atom stereocenters. The van der Waals surface area contributed by atoms with Gasteiger partial charge in [0, 0.05) is 24.3 Å². The molecule has 0 radical (unpaired) electrons. The lowest BCUT2D eigenvalue weighted by molar-refractivity contribution is -1.02. The number of hydrogen-bond acceptors (Lipinski definition) is 1. The fourth-order valence-electron chi connectivity index (χ4n) is 6.23. The van der Waals surface area contributed by atoms with Gasteiger partial charge < -0.3 is 4.74 Å². The maximum Gasteiger partial charge on any atom is 0.318 e. The van der Waals surface area contributed by atoms with Crippen molar-refractivity contribution >= 4 is 11.4 Å². The standard InChI is InChI=1S/C30H30N3O/c1-29(2,3)19-13-15-23-27-25(19)21-11-7-9-17-31(21)33(27)28-24(34-23)16-14-20(30(4,5)6)26(28)22-12-8-10-18-32(22)33/h7-18H,1-6H3/q+3. The number of rotatable bonds is 0. The van der Waals surface area contributed by atoms with Gasteiger partial charge in [-0.15, -0.1) is 0 Å². The van der Waals surface area contributed by atoms with Gasteiger partial charge in [0.05, 0.1) is 9.35 Å². The topological polar surface area (TPSA) is 17.0 Å². The van der Waals surface area contributed by atoms with Crippen LogP contribution < -0.4 is 18.8 Å². The molecule has 2 aromatic carbocycles. The van der Waals surface area contributed by atoms with Gasteiger partial charge in [-0.25, -0.2) is 0 Å². The fourth-order valence-corrected chi connectivity index (χ4v) is 6.23. The Hall–Kier alpha value is -3.50. The smallest absolute Gasteiger partial charge is 0.318 e. The predicted octanol–water partition coefficient (Wildman–Crippen LogP) is 6.49. The minimum absolute atomic E-state index is 0.00730. The van der Waals surface area contributed by atoms with Crippen molar-refractivity contribution in [2.24, 2.45) is 0 Å². The van der Waals surface area contributed by atoms with Crippen LogP contribution in [0.25, 0.3) is 22.5 Å². The van der Waals surface area contributed by atoms with Gasteiger partial charge in [-0.1, -0.05) is 53.7 Å². The summed E-state index contributed by atoms with van der Waals surface area (Å²) in [5.41, 5.74) is 10.1. The number of ether oxygens (including phenoxy) is 1. The molecule has 4 heteroatoms. The molecule has 3 aliphatic rings. The van der Waals surface area contributed by atoms with Gasteiger partial charge in [-0.3, -0.25) is 0 Å². The van der Waals surface area contributed by atoms with Crippen molar-refractivity contribution in [3.63, 3.8) is 0 Å². The number of hydrogen-bond donors (Lipinski definition) is 0. The molecule has 0 saturated carbocycles. The Morgan fingerprint density at radius 1 is 0.588 bits per heavy atom. The van der Waals surface area contributed by atoms with Crippen molar-refractivity contribution in [3.8, 4) is 34.0 Å². The number of fused-ring (bicyclic) bond motifs is 4. The van der Waals surface area contributed by atoms with E-state index in [9.17, 15) is 0 Å². The predicted molar refractivity (Wildman–Crippen MR) is 134 cm³/mol. The molecule has 168 valence electrons. The van der Waals surface area contributed by atoms with Crippen molar-refractivity contribution in [1.29, 1.82) is 0 Å². The van der Waals surface area contributed by atoms with E-state index < -0.39 is 0 Å². The first-order valence-electron chi connectivity index (χ1n) is 12.1. The molecular formula is C30H30N3O+3. The largest absolute Gasteiger partial charge is 0.444 e. The number of pyridine rings is 2. The van der Waals surface area contributed by atoms with Crippen LogP contribution >= 0.6 is 0 Å². The highest BCUT2D eigenvalue weighted by Gasteiger charge is 2.73. The van der Waals surface area contributed by atoms with Crippen LogP contribution in [0.15, 0.2) is 73.1 Å². The van der Waals surface area contributed by atoms with Crippen molar-refractivity contribution < 1.29 is 14.1 Å². The van der Waals surface area contributed by atoms with E-state index in [2.05, 4.69) is 124 Å². The first-order chi connectivity index (χ1) is 16.1. The summed E-state index contributed by atoms with van der Waals surface area (Å²) < 4.78 is 12.0. The van der Waals surface area contributed by atoms with E-state index in [1.807, 2.05) is 0 Å². The minimum atomic E-state index is -0.00730. The second kappa shape index (κ2) is 5.94. The summed E-state index contributed by atoms with van der Waals surface area (Å²) in [6, 6.07) is 22.0.